The number of nitrogens with one attached hydrogen (secondary N) is 2. The van der Waals surface area contributed by atoms with Gasteiger partial charge in [-0.15, -0.1) is 10.2 Å². The van der Waals surface area contributed by atoms with Crippen LogP contribution in [0.1, 0.15) is 5.56 Å². The Kier molecular flexibility index (Phi) is 4.79. The fraction of sp³-hybridized carbons (Fsp3) is 0.0476. The van der Waals surface area contributed by atoms with Gasteiger partial charge in [0.2, 0.25) is 5.95 Å². The van der Waals surface area contributed by atoms with Crippen molar-refractivity contribution in [1.82, 2.24) is 15.2 Å². The maximum absolute atomic E-state index is 12.3. The van der Waals surface area contributed by atoms with Crippen molar-refractivity contribution in [2.75, 3.05) is 12.5 Å². The number of methoxy groups -OCH3 is 1. The number of rotatable bonds is 5. The van der Waals surface area contributed by atoms with E-state index >= 15 is 0 Å². The first-order valence-corrected chi connectivity index (χ1v) is 8.63. The second kappa shape index (κ2) is 7.71. The van der Waals surface area contributed by atoms with E-state index in [1.807, 2.05) is 54.6 Å². The van der Waals surface area contributed by atoms with Crippen molar-refractivity contribution < 1.29 is 4.74 Å². The van der Waals surface area contributed by atoms with E-state index in [2.05, 4.69) is 25.7 Å². The lowest BCUT2D eigenvalue weighted by molar-refractivity contribution is 0.415. The number of aromatic amines is 1. The predicted molar refractivity (Wildman–Crippen MR) is 110 cm³/mol. The Balaban J connectivity index is 1.60. The normalized spacial score (nSPS) is 11.0. The molecule has 2 N–H and O–H groups in total. The first-order chi connectivity index (χ1) is 13.8. The van der Waals surface area contributed by atoms with Gasteiger partial charge in [-0.1, -0.05) is 60.7 Å². The molecular weight excluding hydrogens is 354 g/mol. The van der Waals surface area contributed by atoms with Crippen LogP contribution in [0.25, 0.3) is 22.0 Å². The van der Waals surface area contributed by atoms with E-state index in [0.29, 0.717) is 11.3 Å². The summed E-state index contributed by atoms with van der Waals surface area (Å²) in [6, 6.07) is 21.0. The Labute approximate surface area is 160 Å². The molecule has 0 fully saturated rings. The molecule has 0 bridgehead atoms. The van der Waals surface area contributed by atoms with E-state index in [4.69, 9.17) is 4.74 Å². The lowest BCUT2D eigenvalue weighted by Gasteiger charge is -2.08. The summed E-state index contributed by atoms with van der Waals surface area (Å²) in [5, 5.41) is 14.3. The Morgan fingerprint density at radius 3 is 2.57 bits per heavy atom. The molecule has 4 aromatic rings. The molecule has 0 atom stereocenters. The van der Waals surface area contributed by atoms with Crippen LogP contribution in [0, 0.1) is 0 Å². The number of fused-ring (bicyclic) bond motifs is 1. The second-order valence-electron chi connectivity index (χ2n) is 5.99. The average Bonchev–Trinajstić information content (AvgIpc) is 2.74. The molecule has 7 heteroatoms. The number of hydrazone groups is 1. The summed E-state index contributed by atoms with van der Waals surface area (Å²) in [7, 11) is 1.61. The standard InChI is InChI=1S/C21H17N5O2/c1-28-18-12-11-14-7-5-6-10-16(14)17(18)13-22-25-21-23-20(27)19(24-26-21)15-8-3-2-4-9-15/h2-13H,1H3,(H2,23,25,26,27)/b22-13+. The van der Waals surface area contributed by atoms with Crippen LogP contribution in [0.5, 0.6) is 5.75 Å². The van der Waals surface area contributed by atoms with Gasteiger partial charge >= 0.3 is 0 Å². The number of aromatic nitrogens is 3. The van der Waals surface area contributed by atoms with Gasteiger partial charge in [0.25, 0.3) is 5.56 Å². The molecule has 0 aliphatic heterocycles. The topological polar surface area (TPSA) is 92.3 Å². The zero-order valence-corrected chi connectivity index (χ0v) is 15.1. The molecule has 1 aromatic heterocycles. The first kappa shape index (κ1) is 17.4. The Hall–Kier alpha value is -4.00. The third-order valence-corrected chi connectivity index (χ3v) is 4.26. The van der Waals surface area contributed by atoms with E-state index in [1.165, 1.54) is 0 Å². The molecule has 0 amide bonds. The van der Waals surface area contributed by atoms with Crippen LogP contribution >= 0.6 is 0 Å². The van der Waals surface area contributed by atoms with Crippen molar-refractivity contribution in [2.24, 2.45) is 5.10 Å². The highest BCUT2D eigenvalue weighted by Gasteiger charge is 2.08. The molecule has 3 aromatic carbocycles. The molecule has 0 saturated carbocycles. The third kappa shape index (κ3) is 3.45. The number of hydrogen-bond acceptors (Lipinski definition) is 6. The second-order valence-corrected chi connectivity index (χ2v) is 5.99. The largest absolute Gasteiger partial charge is 0.496 e. The van der Waals surface area contributed by atoms with Crippen LogP contribution in [0.3, 0.4) is 0 Å². The van der Waals surface area contributed by atoms with Gasteiger partial charge in [-0.25, -0.2) is 5.43 Å². The summed E-state index contributed by atoms with van der Waals surface area (Å²) >= 11 is 0. The SMILES string of the molecule is COc1ccc2ccccc2c1/C=N/Nc1nnc(-c2ccccc2)c(=O)[nH]1. The number of hydrogen-bond donors (Lipinski definition) is 2. The van der Waals surface area contributed by atoms with Gasteiger partial charge in [-0.3, -0.25) is 9.78 Å². The van der Waals surface area contributed by atoms with Crippen molar-refractivity contribution in [1.29, 1.82) is 0 Å². The highest BCUT2D eigenvalue weighted by atomic mass is 16.5. The minimum atomic E-state index is -0.346. The molecule has 0 aliphatic carbocycles. The zero-order valence-electron chi connectivity index (χ0n) is 15.1. The summed E-state index contributed by atoms with van der Waals surface area (Å²) in [5.41, 5.74) is 4.15. The Morgan fingerprint density at radius 1 is 1.00 bits per heavy atom. The number of benzene rings is 3. The number of nitrogens with zero attached hydrogens (tertiary/aromatic N) is 3. The van der Waals surface area contributed by atoms with Crippen molar-refractivity contribution >= 4 is 22.9 Å². The van der Waals surface area contributed by atoms with Gasteiger partial charge in [-0.05, 0) is 16.8 Å². The summed E-state index contributed by atoms with van der Waals surface area (Å²) in [6.07, 6.45) is 1.63. The van der Waals surface area contributed by atoms with Crippen molar-refractivity contribution in [3.05, 3.63) is 82.6 Å². The van der Waals surface area contributed by atoms with Gasteiger partial charge in [-0.2, -0.15) is 5.10 Å². The zero-order chi connectivity index (χ0) is 19.3. The van der Waals surface area contributed by atoms with Crippen molar-refractivity contribution in [3.8, 4) is 17.0 Å². The molecule has 0 unspecified atom stereocenters. The summed E-state index contributed by atoms with van der Waals surface area (Å²) < 4.78 is 5.44. The molecule has 7 nitrogen and oxygen atoms in total. The predicted octanol–water partition coefficient (Wildman–Crippen LogP) is 3.44. The van der Waals surface area contributed by atoms with E-state index < -0.39 is 0 Å². The Morgan fingerprint density at radius 2 is 1.79 bits per heavy atom. The smallest absolute Gasteiger partial charge is 0.279 e. The van der Waals surface area contributed by atoms with Gasteiger partial charge < -0.3 is 4.74 Å². The molecular formula is C21H17N5O2. The lowest BCUT2D eigenvalue weighted by Crippen LogP contribution is -2.15. The summed E-state index contributed by atoms with van der Waals surface area (Å²) in [5.74, 6) is 0.850. The molecule has 4 rings (SSSR count). The van der Waals surface area contributed by atoms with Gasteiger partial charge in [0.1, 0.15) is 5.75 Å². The van der Waals surface area contributed by atoms with Crippen molar-refractivity contribution in [2.45, 2.75) is 0 Å². The minimum Gasteiger partial charge on any atom is -0.496 e. The van der Waals surface area contributed by atoms with Crippen LogP contribution in [0.15, 0.2) is 76.6 Å². The van der Waals surface area contributed by atoms with Crippen LogP contribution in [-0.2, 0) is 0 Å². The number of ether oxygens (including phenoxy) is 1. The highest BCUT2D eigenvalue weighted by Crippen LogP contribution is 2.26. The third-order valence-electron chi connectivity index (χ3n) is 4.26. The van der Waals surface area contributed by atoms with E-state index in [1.54, 1.807) is 25.5 Å². The molecule has 0 spiro atoms. The maximum atomic E-state index is 12.3. The van der Waals surface area contributed by atoms with Crippen molar-refractivity contribution in [3.63, 3.8) is 0 Å². The fourth-order valence-electron chi connectivity index (χ4n) is 2.92. The number of H-pyrrole nitrogens is 1. The van der Waals surface area contributed by atoms with E-state index in [-0.39, 0.29) is 17.2 Å². The highest BCUT2D eigenvalue weighted by molar-refractivity contribution is 6.02. The number of anilines is 1. The van der Waals surface area contributed by atoms with Gasteiger partial charge in [0.15, 0.2) is 5.69 Å². The molecule has 0 radical (unpaired) electrons. The minimum absolute atomic E-state index is 0.153. The Bertz CT molecular complexity index is 1200. The molecule has 138 valence electrons. The van der Waals surface area contributed by atoms with Crippen LogP contribution in [-0.4, -0.2) is 28.5 Å². The lowest BCUT2D eigenvalue weighted by atomic mass is 10.0. The quantitative estimate of drug-likeness (QED) is 0.414. The van der Waals surface area contributed by atoms with Gasteiger partial charge in [0, 0.05) is 11.1 Å². The maximum Gasteiger partial charge on any atom is 0.279 e. The monoisotopic (exact) mass is 371 g/mol. The van der Waals surface area contributed by atoms with Crippen LogP contribution in [0.4, 0.5) is 5.95 Å². The van der Waals surface area contributed by atoms with Crippen LogP contribution in [0.2, 0.25) is 0 Å². The molecule has 28 heavy (non-hydrogen) atoms. The first-order valence-electron chi connectivity index (χ1n) is 8.63. The van der Waals surface area contributed by atoms with E-state index in [9.17, 15) is 4.79 Å². The molecule has 0 aliphatic rings. The van der Waals surface area contributed by atoms with Crippen LogP contribution < -0.4 is 15.7 Å². The summed E-state index contributed by atoms with van der Waals surface area (Å²) in [4.78, 5) is 14.9. The fourth-order valence-corrected chi connectivity index (χ4v) is 2.92. The molecule has 1 heterocycles. The summed E-state index contributed by atoms with van der Waals surface area (Å²) in [6.45, 7) is 0. The van der Waals surface area contributed by atoms with Gasteiger partial charge in [0.05, 0.1) is 13.3 Å². The molecule has 0 saturated heterocycles. The average molecular weight is 371 g/mol. The van der Waals surface area contributed by atoms with E-state index in [0.717, 1.165) is 16.3 Å².